The van der Waals surface area contributed by atoms with Crippen LogP contribution in [0.15, 0.2) is 16.7 Å². The quantitative estimate of drug-likeness (QED) is 0.892. The Hall–Kier alpha value is -0.820. The first-order valence-corrected chi connectivity index (χ1v) is 6.15. The first-order valence-electron chi connectivity index (χ1n) is 5.36. The number of alkyl halides is 3. The standard InChI is InChI=1S/C11H14BrF3N2O/c1-6(2)9(18)5-17-10-8(11(13,14)15)3-7(12)4-16-10/h3-4,6,9,18H,5H2,1-2H3,(H,16,17). The third kappa shape index (κ3) is 4.13. The van der Waals surface area contributed by atoms with E-state index >= 15 is 0 Å². The SMILES string of the molecule is CC(C)C(O)CNc1ncc(Br)cc1C(F)(F)F. The van der Waals surface area contributed by atoms with Gasteiger partial charge < -0.3 is 10.4 Å². The van der Waals surface area contributed by atoms with Gasteiger partial charge in [-0.15, -0.1) is 0 Å². The van der Waals surface area contributed by atoms with Gasteiger partial charge in [-0.2, -0.15) is 13.2 Å². The summed E-state index contributed by atoms with van der Waals surface area (Å²) in [5.74, 6) is -0.312. The third-order valence-electron chi connectivity index (χ3n) is 2.41. The van der Waals surface area contributed by atoms with Crippen LogP contribution in [0.3, 0.4) is 0 Å². The van der Waals surface area contributed by atoms with Gasteiger partial charge in [0.15, 0.2) is 0 Å². The summed E-state index contributed by atoms with van der Waals surface area (Å²) >= 11 is 2.95. The lowest BCUT2D eigenvalue weighted by molar-refractivity contribution is -0.137. The zero-order valence-electron chi connectivity index (χ0n) is 9.92. The number of anilines is 1. The molecule has 102 valence electrons. The molecule has 1 rings (SSSR count). The molecule has 0 aromatic carbocycles. The van der Waals surface area contributed by atoms with Crippen LogP contribution in [0.25, 0.3) is 0 Å². The Morgan fingerprint density at radius 3 is 2.56 bits per heavy atom. The maximum Gasteiger partial charge on any atom is 0.419 e. The van der Waals surface area contributed by atoms with Gasteiger partial charge in [-0.3, -0.25) is 0 Å². The van der Waals surface area contributed by atoms with Gasteiger partial charge in [-0.25, -0.2) is 4.98 Å². The molecule has 0 spiro atoms. The van der Waals surface area contributed by atoms with Crippen LogP contribution < -0.4 is 5.32 Å². The number of hydrogen-bond donors (Lipinski definition) is 2. The van der Waals surface area contributed by atoms with Crippen LogP contribution in [0.2, 0.25) is 0 Å². The maximum absolute atomic E-state index is 12.7. The second-order valence-corrected chi connectivity index (χ2v) is 5.16. The van der Waals surface area contributed by atoms with Crippen molar-refractivity contribution >= 4 is 21.7 Å². The molecule has 1 unspecified atom stereocenters. The number of aromatic nitrogens is 1. The molecule has 1 aromatic rings. The molecule has 0 saturated heterocycles. The maximum atomic E-state index is 12.7. The van der Waals surface area contributed by atoms with Gasteiger partial charge in [0, 0.05) is 17.2 Å². The second kappa shape index (κ2) is 5.88. The van der Waals surface area contributed by atoms with E-state index in [4.69, 9.17) is 0 Å². The monoisotopic (exact) mass is 326 g/mol. The normalized spacial score (nSPS) is 13.8. The Kier molecular flexibility index (Phi) is 4.98. The van der Waals surface area contributed by atoms with Gasteiger partial charge in [0.2, 0.25) is 0 Å². The molecule has 1 atom stereocenters. The first-order chi connectivity index (χ1) is 8.21. The molecule has 1 heterocycles. The Bertz CT molecular complexity index is 410. The fourth-order valence-corrected chi connectivity index (χ4v) is 1.56. The first kappa shape index (κ1) is 15.2. The molecule has 0 amide bonds. The average Bonchev–Trinajstić information content (AvgIpc) is 2.25. The molecular formula is C11H14BrF3N2O. The average molecular weight is 327 g/mol. The molecule has 0 saturated carbocycles. The predicted molar refractivity (Wildman–Crippen MR) is 66.3 cm³/mol. The minimum absolute atomic E-state index is 0.0232. The smallest absolute Gasteiger partial charge is 0.391 e. The molecule has 0 aliphatic carbocycles. The van der Waals surface area contributed by atoms with Gasteiger partial charge in [-0.05, 0) is 27.9 Å². The van der Waals surface area contributed by atoms with E-state index in [1.54, 1.807) is 13.8 Å². The number of pyridine rings is 1. The summed E-state index contributed by atoms with van der Waals surface area (Å²) < 4.78 is 38.5. The van der Waals surface area contributed by atoms with Crippen molar-refractivity contribution < 1.29 is 18.3 Å². The van der Waals surface area contributed by atoms with Crippen molar-refractivity contribution in [2.24, 2.45) is 5.92 Å². The van der Waals surface area contributed by atoms with Crippen molar-refractivity contribution in [1.29, 1.82) is 0 Å². The third-order valence-corrected chi connectivity index (χ3v) is 2.84. The predicted octanol–water partition coefficient (Wildman–Crippen LogP) is 3.29. The molecule has 0 fully saturated rings. The van der Waals surface area contributed by atoms with Crippen LogP contribution in [-0.2, 0) is 6.18 Å². The van der Waals surface area contributed by atoms with Gasteiger partial charge in [0.25, 0.3) is 0 Å². The Labute approximate surface area is 112 Å². The van der Waals surface area contributed by atoms with Crippen LogP contribution in [0.5, 0.6) is 0 Å². The molecule has 2 N–H and O–H groups in total. The summed E-state index contributed by atoms with van der Waals surface area (Å²) in [6, 6.07) is 0.955. The number of nitrogens with zero attached hydrogens (tertiary/aromatic N) is 1. The molecule has 7 heteroatoms. The van der Waals surface area contributed by atoms with Crippen LogP contribution in [-0.4, -0.2) is 22.7 Å². The van der Waals surface area contributed by atoms with Crippen molar-refractivity contribution in [3.8, 4) is 0 Å². The molecule has 0 aliphatic rings. The van der Waals surface area contributed by atoms with Gasteiger partial charge in [0.1, 0.15) is 5.82 Å². The van der Waals surface area contributed by atoms with E-state index in [-0.39, 0.29) is 22.8 Å². The van der Waals surface area contributed by atoms with E-state index in [2.05, 4.69) is 26.2 Å². The molecule has 3 nitrogen and oxygen atoms in total. The van der Waals surface area contributed by atoms with E-state index in [0.29, 0.717) is 0 Å². The van der Waals surface area contributed by atoms with Crippen molar-refractivity contribution in [2.45, 2.75) is 26.1 Å². The lowest BCUT2D eigenvalue weighted by Crippen LogP contribution is -2.26. The number of aliphatic hydroxyl groups is 1. The summed E-state index contributed by atoms with van der Waals surface area (Å²) in [5.41, 5.74) is -0.854. The summed E-state index contributed by atoms with van der Waals surface area (Å²) in [4.78, 5) is 3.69. The van der Waals surface area contributed by atoms with Gasteiger partial charge in [-0.1, -0.05) is 13.8 Å². The van der Waals surface area contributed by atoms with E-state index in [0.717, 1.165) is 6.07 Å². The van der Waals surface area contributed by atoms with Crippen molar-refractivity contribution in [3.63, 3.8) is 0 Å². The molecule has 18 heavy (non-hydrogen) atoms. The number of aliphatic hydroxyl groups excluding tert-OH is 1. The summed E-state index contributed by atoms with van der Waals surface area (Å²) in [5, 5.41) is 12.1. The number of nitrogens with one attached hydrogen (secondary N) is 1. The number of hydrogen-bond acceptors (Lipinski definition) is 3. The Morgan fingerprint density at radius 2 is 2.06 bits per heavy atom. The fourth-order valence-electron chi connectivity index (χ4n) is 1.23. The number of halogens is 4. The largest absolute Gasteiger partial charge is 0.419 e. The second-order valence-electron chi connectivity index (χ2n) is 4.24. The summed E-state index contributed by atoms with van der Waals surface area (Å²) in [6.45, 7) is 3.59. The molecule has 0 aliphatic heterocycles. The Balaban J connectivity index is 2.89. The van der Waals surface area contributed by atoms with Gasteiger partial charge >= 0.3 is 6.18 Å². The van der Waals surface area contributed by atoms with E-state index in [9.17, 15) is 18.3 Å². The van der Waals surface area contributed by atoms with Crippen LogP contribution in [0.4, 0.5) is 19.0 Å². The Morgan fingerprint density at radius 1 is 1.44 bits per heavy atom. The van der Waals surface area contributed by atoms with Gasteiger partial charge in [0.05, 0.1) is 11.7 Å². The van der Waals surface area contributed by atoms with Crippen molar-refractivity contribution in [2.75, 3.05) is 11.9 Å². The highest BCUT2D eigenvalue weighted by Crippen LogP contribution is 2.35. The van der Waals surface area contributed by atoms with E-state index in [1.807, 2.05) is 0 Å². The van der Waals surface area contributed by atoms with Crippen molar-refractivity contribution in [1.82, 2.24) is 4.98 Å². The molecule has 0 bridgehead atoms. The highest BCUT2D eigenvalue weighted by molar-refractivity contribution is 9.10. The van der Waals surface area contributed by atoms with Crippen LogP contribution >= 0.6 is 15.9 Å². The van der Waals surface area contributed by atoms with Crippen LogP contribution in [0, 0.1) is 5.92 Å². The lowest BCUT2D eigenvalue weighted by atomic mass is 10.1. The summed E-state index contributed by atoms with van der Waals surface area (Å²) in [7, 11) is 0. The van der Waals surface area contributed by atoms with E-state index < -0.39 is 17.8 Å². The minimum Gasteiger partial charge on any atom is -0.391 e. The topological polar surface area (TPSA) is 45.1 Å². The lowest BCUT2D eigenvalue weighted by Gasteiger charge is -2.18. The zero-order chi connectivity index (χ0) is 13.9. The highest BCUT2D eigenvalue weighted by Gasteiger charge is 2.34. The summed E-state index contributed by atoms with van der Waals surface area (Å²) in [6.07, 6.45) is -3.93. The zero-order valence-corrected chi connectivity index (χ0v) is 11.5. The van der Waals surface area contributed by atoms with E-state index in [1.165, 1.54) is 6.20 Å². The van der Waals surface area contributed by atoms with Crippen LogP contribution in [0.1, 0.15) is 19.4 Å². The number of rotatable bonds is 4. The molecule has 0 radical (unpaired) electrons. The van der Waals surface area contributed by atoms with Crippen molar-refractivity contribution in [3.05, 3.63) is 22.3 Å². The molecule has 1 aromatic heterocycles. The minimum atomic E-state index is -4.48. The molecular weight excluding hydrogens is 313 g/mol. The fraction of sp³-hybridized carbons (Fsp3) is 0.545. The highest BCUT2D eigenvalue weighted by atomic mass is 79.9.